The average Bonchev–Trinajstić information content (AvgIpc) is 3.28. The molecule has 0 N–H and O–H groups in total. The van der Waals surface area contributed by atoms with E-state index in [1.807, 2.05) is 24.4 Å². The highest BCUT2D eigenvalue weighted by Crippen LogP contribution is 2.33. The third-order valence-electron chi connectivity index (χ3n) is 4.24. The topological polar surface area (TPSA) is 55.1 Å². The Bertz CT molecular complexity index is 741. The molecule has 1 aliphatic heterocycles. The minimum absolute atomic E-state index is 0.401. The molecule has 23 heavy (non-hydrogen) atoms. The maximum absolute atomic E-state index is 5.56. The molecule has 1 atom stereocenters. The van der Waals surface area contributed by atoms with E-state index in [0.29, 0.717) is 6.04 Å². The number of nitrogens with zero attached hydrogens (tertiary/aromatic N) is 4. The van der Waals surface area contributed by atoms with E-state index in [9.17, 15) is 0 Å². The predicted octanol–water partition coefficient (Wildman–Crippen LogP) is 3.92. The van der Waals surface area contributed by atoms with Crippen molar-refractivity contribution >= 4 is 11.3 Å². The lowest BCUT2D eigenvalue weighted by Crippen LogP contribution is -2.32. The smallest absolute Gasteiger partial charge is 0.151 e. The summed E-state index contributed by atoms with van der Waals surface area (Å²) in [5.74, 6) is 0.903. The quantitative estimate of drug-likeness (QED) is 0.727. The average molecular weight is 326 g/mol. The van der Waals surface area contributed by atoms with Crippen molar-refractivity contribution < 1.29 is 4.52 Å². The molecule has 5 nitrogen and oxygen atoms in total. The van der Waals surface area contributed by atoms with Crippen LogP contribution < -0.4 is 0 Å². The van der Waals surface area contributed by atoms with E-state index >= 15 is 0 Å². The molecule has 118 valence electrons. The third-order valence-corrected chi connectivity index (χ3v) is 5.12. The summed E-state index contributed by atoms with van der Waals surface area (Å²) in [6.45, 7) is 1.86. The van der Waals surface area contributed by atoms with Crippen molar-refractivity contribution in [3.8, 4) is 11.3 Å². The van der Waals surface area contributed by atoms with Gasteiger partial charge in [-0.2, -0.15) is 0 Å². The first kappa shape index (κ1) is 14.5. The van der Waals surface area contributed by atoms with Gasteiger partial charge in [-0.3, -0.25) is 9.88 Å². The van der Waals surface area contributed by atoms with Gasteiger partial charge in [0.25, 0.3) is 0 Å². The monoisotopic (exact) mass is 326 g/mol. The van der Waals surface area contributed by atoms with Gasteiger partial charge in [-0.1, -0.05) is 11.6 Å². The lowest BCUT2D eigenvalue weighted by Gasteiger charge is -2.33. The molecule has 1 aliphatic rings. The zero-order valence-electron chi connectivity index (χ0n) is 12.8. The third kappa shape index (κ3) is 3.18. The van der Waals surface area contributed by atoms with Gasteiger partial charge >= 0.3 is 0 Å². The fraction of sp³-hybridized carbons (Fsp3) is 0.353. The molecule has 4 rings (SSSR count). The summed E-state index contributed by atoms with van der Waals surface area (Å²) in [7, 11) is 0. The molecule has 0 unspecified atom stereocenters. The first-order chi connectivity index (χ1) is 11.4. The Morgan fingerprint density at radius 2 is 2.13 bits per heavy atom. The highest BCUT2D eigenvalue weighted by molar-refractivity contribution is 7.09. The number of piperidine rings is 1. The molecular weight excluding hydrogens is 308 g/mol. The standard InChI is InChI=1S/C17H18N4OS/c1-2-9-21(16(3-1)17-19-8-10-23-17)12-14-11-15(20-22-14)13-4-6-18-7-5-13/h4-8,10-11,16H,1-3,9,12H2/t16-/m1/s1. The molecule has 0 amide bonds. The Labute approximate surface area is 139 Å². The molecule has 1 fully saturated rings. The maximum atomic E-state index is 5.56. The maximum Gasteiger partial charge on any atom is 0.151 e. The van der Waals surface area contributed by atoms with Crippen molar-refractivity contribution in [1.29, 1.82) is 0 Å². The molecule has 4 heterocycles. The highest BCUT2D eigenvalue weighted by atomic mass is 32.1. The van der Waals surface area contributed by atoms with Gasteiger partial charge in [0.1, 0.15) is 10.7 Å². The molecule has 6 heteroatoms. The first-order valence-corrected chi connectivity index (χ1v) is 8.77. The summed E-state index contributed by atoms with van der Waals surface area (Å²) < 4.78 is 5.56. The molecule has 0 bridgehead atoms. The van der Waals surface area contributed by atoms with Gasteiger partial charge in [0.15, 0.2) is 5.76 Å². The second kappa shape index (κ2) is 6.60. The fourth-order valence-electron chi connectivity index (χ4n) is 3.11. The normalized spacial score (nSPS) is 19.0. The van der Waals surface area contributed by atoms with Gasteiger partial charge in [-0.15, -0.1) is 11.3 Å². The Morgan fingerprint density at radius 1 is 1.22 bits per heavy atom. The zero-order valence-corrected chi connectivity index (χ0v) is 13.6. The van der Waals surface area contributed by atoms with Crippen LogP contribution in [0, 0.1) is 0 Å². The van der Waals surface area contributed by atoms with E-state index in [0.717, 1.165) is 30.1 Å². The van der Waals surface area contributed by atoms with Gasteiger partial charge in [0.05, 0.1) is 12.6 Å². The number of hydrogen-bond acceptors (Lipinski definition) is 6. The summed E-state index contributed by atoms with van der Waals surface area (Å²) >= 11 is 1.74. The van der Waals surface area contributed by atoms with Crippen LogP contribution in [0.5, 0.6) is 0 Å². The van der Waals surface area contributed by atoms with Gasteiger partial charge in [-0.25, -0.2) is 4.98 Å². The van der Waals surface area contributed by atoms with Crippen LogP contribution in [-0.4, -0.2) is 26.6 Å². The van der Waals surface area contributed by atoms with Crippen molar-refractivity contribution in [1.82, 2.24) is 20.0 Å². The molecule has 0 spiro atoms. The fourth-order valence-corrected chi connectivity index (χ4v) is 3.91. The van der Waals surface area contributed by atoms with E-state index in [-0.39, 0.29) is 0 Å². The molecule has 1 saturated heterocycles. The Morgan fingerprint density at radius 3 is 2.96 bits per heavy atom. The Kier molecular flexibility index (Phi) is 4.17. The largest absolute Gasteiger partial charge is 0.359 e. The van der Waals surface area contributed by atoms with E-state index in [2.05, 4.69) is 25.4 Å². The van der Waals surface area contributed by atoms with Crippen molar-refractivity contribution in [2.45, 2.75) is 31.8 Å². The minimum Gasteiger partial charge on any atom is -0.359 e. The number of rotatable bonds is 4. The van der Waals surface area contributed by atoms with E-state index in [1.165, 1.54) is 24.3 Å². The van der Waals surface area contributed by atoms with Crippen LogP contribution in [0.4, 0.5) is 0 Å². The lowest BCUT2D eigenvalue weighted by atomic mass is 10.0. The van der Waals surface area contributed by atoms with Crippen molar-refractivity contribution in [3.05, 3.63) is 52.9 Å². The number of pyridine rings is 1. The Balaban J connectivity index is 1.52. The number of aromatic nitrogens is 3. The predicted molar refractivity (Wildman–Crippen MR) is 88.9 cm³/mol. The minimum atomic E-state index is 0.401. The molecule has 0 radical (unpaired) electrons. The van der Waals surface area contributed by atoms with Crippen molar-refractivity contribution in [2.24, 2.45) is 0 Å². The second-order valence-electron chi connectivity index (χ2n) is 5.77. The van der Waals surface area contributed by atoms with E-state index in [1.54, 1.807) is 23.7 Å². The summed E-state index contributed by atoms with van der Waals surface area (Å²) in [5, 5.41) is 7.46. The Hall–Kier alpha value is -2.05. The number of hydrogen-bond donors (Lipinski definition) is 0. The zero-order chi connectivity index (χ0) is 15.5. The van der Waals surface area contributed by atoms with Crippen LogP contribution in [0.2, 0.25) is 0 Å². The van der Waals surface area contributed by atoms with Crippen LogP contribution in [0.1, 0.15) is 36.1 Å². The van der Waals surface area contributed by atoms with Crippen LogP contribution in [-0.2, 0) is 6.54 Å². The summed E-state index contributed by atoms with van der Waals surface area (Å²) in [5.41, 5.74) is 1.90. The van der Waals surface area contributed by atoms with Crippen LogP contribution in [0.3, 0.4) is 0 Å². The molecule has 0 aromatic carbocycles. The van der Waals surface area contributed by atoms with Gasteiger partial charge in [0.2, 0.25) is 0 Å². The number of thiazole rings is 1. The van der Waals surface area contributed by atoms with Crippen molar-refractivity contribution in [2.75, 3.05) is 6.54 Å². The van der Waals surface area contributed by atoms with E-state index < -0.39 is 0 Å². The van der Waals surface area contributed by atoms with Crippen LogP contribution in [0.15, 0.2) is 46.7 Å². The van der Waals surface area contributed by atoms with Gasteiger partial charge in [-0.05, 0) is 31.5 Å². The highest BCUT2D eigenvalue weighted by Gasteiger charge is 2.26. The lowest BCUT2D eigenvalue weighted by molar-refractivity contribution is 0.126. The molecule has 0 aliphatic carbocycles. The SMILES string of the molecule is c1cc(-c2cc(CN3CCCC[C@@H]3c3nccs3)on2)ccn1. The van der Waals surface area contributed by atoms with E-state index in [4.69, 9.17) is 4.52 Å². The summed E-state index contributed by atoms with van der Waals surface area (Å²) in [6, 6.07) is 6.32. The van der Waals surface area contributed by atoms with Gasteiger partial charge in [0, 0.05) is 35.6 Å². The van der Waals surface area contributed by atoms with Crippen molar-refractivity contribution in [3.63, 3.8) is 0 Å². The summed E-state index contributed by atoms with van der Waals surface area (Å²) in [4.78, 5) is 11.0. The molecule has 3 aromatic rings. The molecule has 3 aromatic heterocycles. The molecule has 0 saturated carbocycles. The summed E-state index contributed by atoms with van der Waals surface area (Å²) in [6.07, 6.45) is 9.09. The van der Waals surface area contributed by atoms with Crippen LogP contribution >= 0.6 is 11.3 Å². The second-order valence-corrected chi connectivity index (χ2v) is 6.69. The van der Waals surface area contributed by atoms with Crippen LogP contribution in [0.25, 0.3) is 11.3 Å². The molecular formula is C17H18N4OS. The first-order valence-electron chi connectivity index (χ1n) is 7.89. The van der Waals surface area contributed by atoms with Gasteiger partial charge < -0.3 is 4.52 Å². The number of likely N-dealkylation sites (tertiary alicyclic amines) is 1.